The van der Waals surface area contributed by atoms with Crippen molar-refractivity contribution in [1.82, 2.24) is 5.32 Å². The second kappa shape index (κ2) is 5.22. The summed E-state index contributed by atoms with van der Waals surface area (Å²) in [4.78, 5) is 11.2. The fourth-order valence-electron chi connectivity index (χ4n) is 1.97. The molecule has 0 aromatic heterocycles. The molecule has 78 valence electrons. The zero-order valence-corrected chi connectivity index (χ0v) is 8.51. The highest BCUT2D eigenvalue weighted by Gasteiger charge is 2.19. The molecule has 0 heterocycles. The Morgan fingerprint density at radius 3 is 3.00 bits per heavy atom. The standard InChI is InChI=1S/C10H19NO2.H2/c1-8-4-3-5-9(6-8)11-10(12)7-13-2;/h8-9H,3-7H2,1-2H3,(H,11,12);1H/t8-,9-;/m1./s1. The minimum absolute atomic E-state index is 0. The Hall–Kier alpha value is -0.570. The summed E-state index contributed by atoms with van der Waals surface area (Å²) in [5.41, 5.74) is 0. The first kappa shape index (κ1) is 10.5. The lowest BCUT2D eigenvalue weighted by Crippen LogP contribution is -2.39. The van der Waals surface area contributed by atoms with Crippen LogP contribution in [0.5, 0.6) is 0 Å². The van der Waals surface area contributed by atoms with Crippen molar-refractivity contribution >= 4 is 5.91 Å². The van der Waals surface area contributed by atoms with Crippen molar-refractivity contribution in [3.8, 4) is 0 Å². The molecule has 1 aliphatic carbocycles. The first-order valence-corrected chi connectivity index (χ1v) is 5.00. The number of methoxy groups -OCH3 is 1. The third-order valence-corrected chi connectivity index (χ3v) is 2.58. The zero-order valence-electron chi connectivity index (χ0n) is 8.51. The van der Waals surface area contributed by atoms with E-state index in [0.29, 0.717) is 6.04 Å². The Labute approximate surface area is 81.3 Å². The average Bonchev–Trinajstić information content (AvgIpc) is 2.04. The molecule has 0 saturated heterocycles. The van der Waals surface area contributed by atoms with Crippen LogP contribution in [-0.4, -0.2) is 25.7 Å². The largest absolute Gasteiger partial charge is 0.375 e. The quantitative estimate of drug-likeness (QED) is 0.728. The molecule has 0 aromatic rings. The number of ether oxygens (including phenoxy) is 1. The van der Waals surface area contributed by atoms with E-state index in [1.54, 1.807) is 7.11 Å². The summed E-state index contributed by atoms with van der Waals surface area (Å²) in [6.07, 6.45) is 4.78. The van der Waals surface area contributed by atoms with E-state index >= 15 is 0 Å². The predicted octanol–water partition coefficient (Wildman–Crippen LogP) is 1.57. The van der Waals surface area contributed by atoms with Gasteiger partial charge in [-0.3, -0.25) is 4.79 Å². The van der Waals surface area contributed by atoms with E-state index in [1.165, 1.54) is 12.8 Å². The summed E-state index contributed by atoms with van der Waals surface area (Å²) in [5, 5.41) is 2.99. The van der Waals surface area contributed by atoms with Crippen molar-refractivity contribution < 1.29 is 11.0 Å². The first-order chi connectivity index (χ1) is 6.22. The van der Waals surface area contributed by atoms with Gasteiger partial charge in [0.1, 0.15) is 6.61 Å². The molecule has 1 amide bonds. The van der Waals surface area contributed by atoms with Crippen LogP contribution in [0.2, 0.25) is 0 Å². The van der Waals surface area contributed by atoms with Crippen molar-refractivity contribution in [2.24, 2.45) is 5.92 Å². The number of carbonyl (C=O) groups excluding carboxylic acids is 1. The van der Waals surface area contributed by atoms with Gasteiger partial charge in [0.25, 0.3) is 0 Å². The van der Waals surface area contributed by atoms with Crippen LogP contribution in [-0.2, 0) is 9.53 Å². The maximum absolute atomic E-state index is 11.2. The molecule has 0 aromatic carbocycles. The van der Waals surface area contributed by atoms with Gasteiger partial charge in [0.2, 0.25) is 5.91 Å². The molecule has 0 unspecified atom stereocenters. The smallest absolute Gasteiger partial charge is 0.246 e. The van der Waals surface area contributed by atoms with Crippen LogP contribution >= 0.6 is 0 Å². The third kappa shape index (κ3) is 3.77. The molecule has 0 radical (unpaired) electrons. The van der Waals surface area contributed by atoms with Crippen LogP contribution in [0.4, 0.5) is 0 Å². The highest BCUT2D eigenvalue weighted by Crippen LogP contribution is 2.23. The Morgan fingerprint density at radius 2 is 2.38 bits per heavy atom. The van der Waals surface area contributed by atoms with E-state index in [-0.39, 0.29) is 13.9 Å². The summed E-state index contributed by atoms with van der Waals surface area (Å²) in [6.45, 7) is 2.43. The topological polar surface area (TPSA) is 38.3 Å². The number of amides is 1. The second-order valence-electron chi connectivity index (χ2n) is 3.97. The van der Waals surface area contributed by atoms with E-state index in [0.717, 1.165) is 18.8 Å². The van der Waals surface area contributed by atoms with Gasteiger partial charge in [-0.1, -0.05) is 19.8 Å². The maximum Gasteiger partial charge on any atom is 0.246 e. The molecule has 1 rings (SSSR count). The molecular weight excluding hydrogens is 166 g/mol. The summed E-state index contributed by atoms with van der Waals surface area (Å²) in [6, 6.07) is 0.381. The third-order valence-electron chi connectivity index (χ3n) is 2.58. The van der Waals surface area contributed by atoms with E-state index in [9.17, 15) is 4.79 Å². The molecule has 13 heavy (non-hydrogen) atoms. The molecule has 1 saturated carbocycles. The van der Waals surface area contributed by atoms with Gasteiger partial charge in [0, 0.05) is 14.6 Å². The number of hydrogen-bond acceptors (Lipinski definition) is 2. The van der Waals surface area contributed by atoms with Crippen molar-refractivity contribution in [2.45, 2.75) is 38.6 Å². The van der Waals surface area contributed by atoms with Gasteiger partial charge in [-0.15, -0.1) is 0 Å². The molecule has 1 aliphatic rings. The fraction of sp³-hybridized carbons (Fsp3) is 0.900. The lowest BCUT2D eigenvalue weighted by Gasteiger charge is -2.27. The monoisotopic (exact) mass is 187 g/mol. The Kier molecular flexibility index (Phi) is 4.22. The molecule has 1 fully saturated rings. The predicted molar refractivity (Wildman–Crippen MR) is 53.6 cm³/mol. The lowest BCUT2D eigenvalue weighted by molar-refractivity contribution is -0.125. The number of nitrogens with one attached hydrogen (secondary N) is 1. The molecule has 3 nitrogen and oxygen atoms in total. The average molecular weight is 187 g/mol. The summed E-state index contributed by atoms with van der Waals surface area (Å²) < 4.78 is 4.76. The SMILES string of the molecule is COCC(=O)N[C@@H]1CCC[C@@H](C)C1.[HH]. The van der Waals surface area contributed by atoms with Crippen LogP contribution in [0.1, 0.15) is 34.0 Å². The Bertz CT molecular complexity index is 176. The summed E-state index contributed by atoms with van der Waals surface area (Å²) >= 11 is 0. The van der Waals surface area contributed by atoms with E-state index in [2.05, 4.69) is 12.2 Å². The van der Waals surface area contributed by atoms with Crippen molar-refractivity contribution in [1.29, 1.82) is 0 Å². The normalized spacial score (nSPS) is 28.5. The van der Waals surface area contributed by atoms with E-state index < -0.39 is 0 Å². The molecule has 1 N–H and O–H groups in total. The lowest BCUT2D eigenvalue weighted by atomic mass is 9.87. The highest BCUT2D eigenvalue weighted by molar-refractivity contribution is 5.77. The Balaban J connectivity index is 0.00000169. The van der Waals surface area contributed by atoms with Gasteiger partial charge < -0.3 is 10.1 Å². The van der Waals surface area contributed by atoms with Gasteiger partial charge in [-0.25, -0.2) is 0 Å². The van der Waals surface area contributed by atoms with Crippen LogP contribution in [0.15, 0.2) is 0 Å². The number of rotatable bonds is 3. The zero-order chi connectivity index (χ0) is 9.68. The molecule has 2 atom stereocenters. The van der Waals surface area contributed by atoms with Crippen LogP contribution in [0.25, 0.3) is 0 Å². The number of hydrogen-bond donors (Lipinski definition) is 1. The highest BCUT2D eigenvalue weighted by atomic mass is 16.5. The molecular formula is C10H21NO2. The van der Waals surface area contributed by atoms with Gasteiger partial charge in [0.15, 0.2) is 0 Å². The summed E-state index contributed by atoms with van der Waals surface area (Å²) in [5.74, 6) is 0.767. The van der Waals surface area contributed by atoms with Gasteiger partial charge in [-0.05, 0) is 18.8 Å². The number of carbonyl (C=O) groups is 1. The van der Waals surface area contributed by atoms with Crippen LogP contribution in [0, 0.1) is 5.92 Å². The first-order valence-electron chi connectivity index (χ1n) is 5.00. The summed E-state index contributed by atoms with van der Waals surface area (Å²) in [7, 11) is 1.54. The van der Waals surface area contributed by atoms with Crippen LogP contribution < -0.4 is 5.32 Å². The maximum atomic E-state index is 11.2. The molecule has 0 aliphatic heterocycles. The van der Waals surface area contributed by atoms with Gasteiger partial charge >= 0.3 is 0 Å². The van der Waals surface area contributed by atoms with E-state index in [1.807, 2.05) is 0 Å². The van der Waals surface area contributed by atoms with Crippen molar-refractivity contribution in [2.75, 3.05) is 13.7 Å². The molecule has 0 spiro atoms. The minimum Gasteiger partial charge on any atom is -0.375 e. The van der Waals surface area contributed by atoms with E-state index in [4.69, 9.17) is 4.74 Å². The Morgan fingerprint density at radius 1 is 1.62 bits per heavy atom. The minimum atomic E-state index is 0. The molecule has 0 bridgehead atoms. The van der Waals surface area contributed by atoms with Crippen molar-refractivity contribution in [3.63, 3.8) is 0 Å². The van der Waals surface area contributed by atoms with Crippen molar-refractivity contribution in [3.05, 3.63) is 0 Å². The molecule has 3 heteroatoms. The second-order valence-corrected chi connectivity index (χ2v) is 3.97. The van der Waals surface area contributed by atoms with Crippen LogP contribution in [0.3, 0.4) is 0 Å². The fourth-order valence-corrected chi connectivity index (χ4v) is 1.97. The van der Waals surface area contributed by atoms with Gasteiger partial charge in [-0.2, -0.15) is 0 Å². The van der Waals surface area contributed by atoms with Gasteiger partial charge in [0.05, 0.1) is 0 Å².